The van der Waals surface area contributed by atoms with Crippen molar-refractivity contribution in [3.05, 3.63) is 29.8 Å². The summed E-state index contributed by atoms with van der Waals surface area (Å²) >= 11 is 0. The van der Waals surface area contributed by atoms with Crippen LogP contribution in [0.1, 0.15) is 43.5 Å². The van der Waals surface area contributed by atoms with Gasteiger partial charge in [0.25, 0.3) is 5.91 Å². The van der Waals surface area contributed by atoms with E-state index in [0.29, 0.717) is 11.3 Å². The minimum absolute atomic E-state index is 0.0229. The SMILES string of the molecule is CCC(C)C(NC(=O)c1ccc(NC(=O)C2CC2)cc1)C(=O)OC. The van der Waals surface area contributed by atoms with Gasteiger partial charge < -0.3 is 15.4 Å². The lowest BCUT2D eigenvalue weighted by molar-refractivity contribution is -0.144. The minimum atomic E-state index is -0.679. The van der Waals surface area contributed by atoms with Gasteiger partial charge in [-0.15, -0.1) is 0 Å². The minimum Gasteiger partial charge on any atom is -0.467 e. The molecule has 6 nitrogen and oxygen atoms in total. The first-order valence-corrected chi connectivity index (χ1v) is 8.25. The van der Waals surface area contributed by atoms with E-state index in [1.807, 2.05) is 13.8 Å². The Morgan fingerprint density at radius 3 is 2.33 bits per heavy atom. The molecule has 0 aliphatic heterocycles. The number of esters is 1. The number of anilines is 1. The lowest BCUT2D eigenvalue weighted by Crippen LogP contribution is -2.45. The Hall–Kier alpha value is -2.37. The largest absolute Gasteiger partial charge is 0.467 e. The van der Waals surface area contributed by atoms with E-state index in [9.17, 15) is 14.4 Å². The van der Waals surface area contributed by atoms with Crippen molar-refractivity contribution in [2.24, 2.45) is 11.8 Å². The molecule has 1 aromatic carbocycles. The molecular formula is C18H24N2O4. The predicted molar refractivity (Wildman–Crippen MR) is 90.5 cm³/mol. The number of ether oxygens (including phenoxy) is 1. The van der Waals surface area contributed by atoms with Crippen LogP contribution in [0.15, 0.2) is 24.3 Å². The van der Waals surface area contributed by atoms with Crippen molar-refractivity contribution in [2.75, 3.05) is 12.4 Å². The maximum atomic E-state index is 12.3. The van der Waals surface area contributed by atoms with Crippen LogP contribution in [0.25, 0.3) is 0 Å². The first kappa shape index (κ1) is 18.0. The molecule has 2 amide bonds. The average Bonchev–Trinajstić information content (AvgIpc) is 3.43. The molecule has 0 aromatic heterocycles. The second-order valence-electron chi connectivity index (χ2n) is 6.20. The molecule has 6 heteroatoms. The van der Waals surface area contributed by atoms with Crippen molar-refractivity contribution in [3.8, 4) is 0 Å². The van der Waals surface area contributed by atoms with Gasteiger partial charge in [0.2, 0.25) is 5.91 Å². The molecule has 2 atom stereocenters. The summed E-state index contributed by atoms with van der Waals surface area (Å²) in [5, 5.41) is 5.54. The van der Waals surface area contributed by atoms with Crippen LogP contribution in [-0.2, 0) is 14.3 Å². The highest BCUT2D eigenvalue weighted by atomic mass is 16.5. The van der Waals surface area contributed by atoms with E-state index in [1.165, 1.54) is 7.11 Å². The zero-order chi connectivity index (χ0) is 17.7. The summed E-state index contributed by atoms with van der Waals surface area (Å²) in [5.74, 6) is -0.672. The smallest absolute Gasteiger partial charge is 0.328 e. The van der Waals surface area contributed by atoms with Gasteiger partial charge in [-0.3, -0.25) is 9.59 Å². The van der Waals surface area contributed by atoms with Gasteiger partial charge in [-0.05, 0) is 43.0 Å². The maximum Gasteiger partial charge on any atom is 0.328 e. The van der Waals surface area contributed by atoms with Gasteiger partial charge in [0.1, 0.15) is 6.04 Å². The molecule has 0 spiro atoms. The first-order chi connectivity index (χ1) is 11.5. The van der Waals surface area contributed by atoms with Crippen LogP contribution < -0.4 is 10.6 Å². The quantitative estimate of drug-likeness (QED) is 0.751. The van der Waals surface area contributed by atoms with E-state index in [2.05, 4.69) is 10.6 Å². The van der Waals surface area contributed by atoms with Crippen molar-refractivity contribution in [1.29, 1.82) is 0 Å². The van der Waals surface area contributed by atoms with E-state index in [4.69, 9.17) is 4.74 Å². The van der Waals surface area contributed by atoms with Gasteiger partial charge in [0.15, 0.2) is 0 Å². The fourth-order valence-electron chi connectivity index (χ4n) is 2.32. The van der Waals surface area contributed by atoms with Crippen LogP contribution in [-0.4, -0.2) is 30.9 Å². The normalized spacial score (nSPS) is 16.0. The predicted octanol–water partition coefficient (Wildman–Crippen LogP) is 2.35. The second-order valence-corrected chi connectivity index (χ2v) is 6.20. The highest BCUT2D eigenvalue weighted by Gasteiger charge is 2.30. The molecule has 1 aromatic rings. The van der Waals surface area contributed by atoms with E-state index < -0.39 is 12.0 Å². The van der Waals surface area contributed by atoms with Gasteiger partial charge in [0.05, 0.1) is 7.11 Å². The first-order valence-electron chi connectivity index (χ1n) is 8.25. The van der Waals surface area contributed by atoms with Crippen LogP contribution in [0.4, 0.5) is 5.69 Å². The molecule has 2 rings (SSSR count). The average molecular weight is 332 g/mol. The number of carbonyl (C=O) groups is 3. The summed E-state index contributed by atoms with van der Waals surface area (Å²) < 4.78 is 4.76. The summed E-state index contributed by atoms with van der Waals surface area (Å²) in [6.07, 6.45) is 2.62. The Labute approximate surface area is 142 Å². The standard InChI is InChI=1S/C18H24N2O4/c1-4-11(2)15(18(23)24-3)20-17(22)13-7-9-14(10-8-13)19-16(21)12-5-6-12/h7-12,15H,4-6H2,1-3H3,(H,19,21)(H,20,22). The van der Waals surface area contributed by atoms with Crippen molar-refractivity contribution in [3.63, 3.8) is 0 Å². The fraction of sp³-hybridized carbons (Fsp3) is 0.500. The highest BCUT2D eigenvalue weighted by molar-refractivity contribution is 5.98. The molecule has 2 N–H and O–H groups in total. The van der Waals surface area contributed by atoms with E-state index in [0.717, 1.165) is 19.3 Å². The van der Waals surface area contributed by atoms with Crippen molar-refractivity contribution >= 4 is 23.5 Å². The van der Waals surface area contributed by atoms with E-state index in [1.54, 1.807) is 24.3 Å². The number of carbonyl (C=O) groups excluding carboxylic acids is 3. The van der Waals surface area contributed by atoms with Crippen molar-refractivity contribution < 1.29 is 19.1 Å². The van der Waals surface area contributed by atoms with Gasteiger partial charge in [-0.25, -0.2) is 4.79 Å². The van der Waals surface area contributed by atoms with Crippen molar-refractivity contribution in [2.45, 2.75) is 39.2 Å². The molecule has 0 radical (unpaired) electrons. The summed E-state index contributed by atoms with van der Waals surface area (Å²) in [4.78, 5) is 35.9. The molecule has 1 aliphatic carbocycles. The van der Waals surface area contributed by atoms with Crippen LogP contribution >= 0.6 is 0 Å². The zero-order valence-electron chi connectivity index (χ0n) is 14.3. The van der Waals surface area contributed by atoms with Crippen molar-refractivity contribution in [1.82, 2.24) is 5.32 Å². The lowest BCUT2D eigenvalue weighted by Gasteiger charge is -2.21. The third-order valence-electron chi connectivity index (χ3n) is 4.32. The van der Waals surface area contributed by atoms with Gasteiger partial charge in [0, 0.05) is 17.2 Å². The van der Waals surface area contributed by atoms with Gasteiger partial charge in [-0.2, -0.15) is 0 Å². The fourth-order valence-corrected chi connectivity index (χ4v) is 2.32. The third kappa shape index (κ3) is 4.57. The number of rotatable bonds is 7. The number of nitrogens with one attached hydrogen (secondary N) is 2. The summed E-state index contributed by atoms with van der Waals surface area (Å²) in [6.45, 7) is 3.84. The van der Waals surface area contributed by atoms with Gasteiger partial charge in [-0.1, -0.05) is 20.3 Å². The van der Waals surface area contributed by atoms with Crippen LogP contribution in [0.2, 0.25) is 0 Å². The monoisotopic (exact) mass is 332 g/mol. The molecular weight excluding hydrogens is 308 g/mol. The molecule has 1 aliphatic rings. The molecule has 1 fully saturated rings. The molecule has 1 saturated carbocycles. The molecule has 0 bridgehead atoms. The zero-order valence-corrected chi connectivity index (χ0v) is 14.3. The van der Waals surface area contributed by atoms with Crippen LogP contribution in [0.3, 0.4) is 0 Å². The molecule has 2 unspecified atom stereocenters. The number of amides is 2. The Kier molecular flexibility index (Phi) is 5.95. The number of hydrogen-bond acceptors (Lipinski definition) is 4. The molecule has 0 saturated heterocycles. The van der Waals surface area contributed by atoms with Gasteiger partial charge >= 0.3 is 5.97 Å². The summed E-state index contributed by atoms with van der Waals surface area (Å²) in [7, 11) is 1.31. The Morgan fingerprint density at radius 2 is 1.83 bits per heavy atom. The van der Waals surface area contributed by atoms with E-state index >= 15 is 0 Å². The lowest BCUT2D eigenvalue weighted by atomic mass is 9.99. The van der Waals surface area contributed by atoms with Crippen LogP contribution in [0.5, 0.6) is 0 Å². The Balaban J connectivity index is 2.00. The number of methoxy groups -OCH3 is 1. The second kappa shape index (κ2) is 7.95. The van der Waals surface area contributed by atoms with E-state index in [-0.39, 0.29) is 23.7 Å². The number of hydrogen-bond donors (Lipinski definition) is 2. The summed E-state index contributed by atoms with van der Waals surface area (Å²) in [5.41, 5.74) is 1.09. The molecule has 24 heavy (non-hydrogen) atoms. The summed E-state index contributed by atoms with van der Waals surface area (Å²) in [6, 6.07) is 5.95. The number of benzene rings is 1. The third-order valence-corrected chi connectivity index (χ3v) is 4.32. The topological polar surface area (TPSA) is 84.5 Å². The highest BCUT2D eigenvalue weighted by Crippen LogP contribution is 2.30. The molecule has 130 valence electrons. The molecule has 0 heterocycles. The maximum absolute atomic E-state index is 12.3. The Morgan fingerprint density at radius 1 is 1.21 bits per heavy atom. The Bertz CT molecular complexity index is 608. The van der Waals surface area contributed by atoms with Crippen LogP contribution in [0, 0.1) is 11.8 Å².